The highest BCUT2D eigenvalue weighted by Crippen LogP contribution is 2.09. The van der Waals surface area contributed by atoms with Crippen molar-refractivity contribution in [2.45, 2.75) is 31.8 Å². The van der Waals surface area contributed by atoms with E-state index in [4.69, 9.17) is 0 Å². The summed E-state index contributed by atoms with van der Waals surface area (Å²) in [7, 11) is 0. The summed E-state index contributed by atoms with van der Waals surface area (Å²) >= 11 is 0. The van der Waals surface area contributed by atoms with Crippen LogP contribution in [-0.2, 0) is 0 Å². The highest BCUT2D eigenvalue weighted by Gasteiger charge is 2.21. The molecule has 1 aliphatic heterocycles. The van der Waals surface area contributed by atoms with Gasteiger partial charge in [0.25, 0.3) is 5.91 Å². The fourth-order valence-electron chi connectivity index (χ4n) is 2.58. The Morgan fingerprint density at radius 2 is 2.14 bits per heavy atom. The van der Waals surface area contributed by atoms with E-state index < -0.39 is 0 Å². The molecule has 2 N–H and O–H groups in total. The number of carbonyl (C=O) groups is 1. The summed E-state index contributed by atoms with van der Waals surface area (Å²) in [6.07, 6.45) is 3.40. The molecule has 3 rings (SSSR count). The average Bonchev–Trinajstić information content (AvgIpc) is 2.98. The summed E-state index contributed by atoms with van der Waals surface area (Å²) < 4.78 is 0. The fraction of sp³-hybridized carbons (Fsp3) is 0.400. The minimum atomic E-state index is -0.156. The zero-order valence-corrected chi connectivity index (χ0v) is 13.2. The smallest absolute Gasteiger partial charge is 0.273 e. The Labute approximate surface area is 135 Å². The number of aromatic nitrogens is 3. The standard InChI is InChI=1S/C15H19N5O.ClH/c1-11-9-12(7-8-16-11)18-15(21)14-10-17-20(19-14)13-5-3-2-4-6-13;/h2-6,10-12,16H,7-9H2,1H3,(H,18,21);1H. The first-order chi connectivity index (χ1) is 10.2. The molecule has 2 aromatic rings. The third kappa shape index (κ3) is 3.84. The normalized spacial score (nSPS) is 21.0. The van der Waals surface area contributed by atoms with Crippen molar-refractivity contribution in [1.29, 1.82) is 0 Å². The number of hydrogen-bond donors (Lipinski definition) is 2. The van der Waals surface area contributed by atoms with Gasteiger partial charge in [0, 0.05) is 12.1 Å². The number of hydrogen-bond acceptors (Lipinski definition) is 4. The number of amides is 1. The number of benzene rings is 1. The van der Waals surface area contributed by atoms with Gasteiger partial charge in [0.15, 0.2) is 5.69 Å². The maximum Gasteiger partial charge on any atom is 0.273 e. The van der Waals surface area contributed by atoms with Crippen LogP contribution in [0.2, 0.25) is 0 Å². The molecule has 22 heavy (non-hydrogen) atoms. The number of carbonyl (C=O) groups excluding carboxylic acids is 1. The second-order valence-electron chi connectivity index (χ2n) is 5.40. The van der Waals surface area contributed by atoms with Crippen LogP contribution >= 0.6 is 12.4 Å². The van der Waals surface area contributed by atoms with Gasteiger partial charge in [0.05, 0.1) is 11.9 Å². The molecule has 7 heteroatoms. The van der Waals surface area contributed by atoms with E-state index in [0.717, 1.165) is 25.1 Å². The van der Waals surface area contributed by atoms with E-state index in [1.807, 2.05) is 30.3 Å². The molecule has 1 amide bonds. The zero-order chi connectivity index (χ0) is 14.7. The molecule has 0 radical (unpaired) electrons. The summed E-state index contributed by atoms with van der Waals surface area (Å²) in [4.78, 5) is 13.7. The van der Waals surface area contributed by atoms with Crippen molar-refractivity contribution in [2.24, 2.45) is 0 Å². The van der Waals surface area contributed by atoms with Crippen LogP contribution < -0.4 is 10.6 Å². The van der Waals surface area contributed by atoms with Crippen molar-refractivity contribution < 1.29 is 4.79 Å². The predicted octanol–water partition coefficient (Wildman–Crippen LogP) is 1.56. The second-order valence-corrected chi connectivity index (χ2v) is 5.40. The Morgan fingerprint density at radius 1 is 1.36 bits per heavy atom. The summed E-state index contributed by atoms with van der Waals surface area (Å²) in [6.45, 7) is 3.06. The van der Waals surface area contributed by atoms with E-state index in [-0.39, 0.29) is 24.4 Å². The number of para-hydroxylation sites is 1. The van der Waals surface area contributed by atoms with Crippen molar-refractivity contribution in [3.8, 4) is 5.69 Å². The molecule has 0 saturated carbocycles. The monoisotopic (exact) mass is 321 g/mol. The third-order valence-corrected chi connectivity index (χ3v) is 3.67. The third-order valence-electron chi connectivity index (χ3n) is 3.67. The molecule has 2 unspecified atom stereocenters. The summed E-state index contributed by atoms with van der Waals surface area (Å²) in [6, 6.07) is 10.2. The Kier molecular flexibility index (Phi) is 5.51. The maximum atomic E-state index is 12.2. The molecule has 0 aliphatic carbocycles. The van der Waals surface area contributed by atoms with Gasteiger partial charge in [-0.3, -0.25) is 4.79 Å². The van der Waals surface area contributed by atoms with Gasteiger partial charge in [-0.1, -0.05) is 18.2 Å². The number of nitrogens with zero attached hydrogens (tertiary/aromatic N) is 3. The van der Waals surface area contributed by atoms with Crippen molar-refractivity contribution in [3.63, 3.8) is 0 Å². The molecule has 0 spiro atoms. The first-order valence-electron chi connectivity index (χ1n) is 7.24. The SMILES string of the molecule is CC1CC(NC(=O)c2cnn(-c3ccccc3)n2)CCN1.Cl. The van der Waals surface area contributed by atoms with Crippen molar-refractivity contribution in [1.82, 2.24) is 25.6 Å². The first-order valence-corrected chi connectivity index (χ1v) is 7.24. The molecule has 2 atom stereocenters. The van der Waals surface area contributed by atoms with Crippen LogP contribution in [0.1, 0.15) is 30.3 Å². The number of halogens is 1. The zero-order valence-electron chi connectivity index (χ0n) is 12.4. The molecular formula is C15H20ClN5O. The van der Waals surface area contributed by atoms with Gasteiger partial charge < -0.3 is 10.6 Å². The van der Waals surface area contributed by atoms with Gasteiger partial charge in [0.1, 0.15) is 0 Å². The van der Waals surface area contributed by atoms with Gasteiger partial charge in [-0.05, 0) is 38.4 Å². The highest BCUT2D eigenvalue weighted by atomic mass is 35.5. The summed E-state index contributed by atoms with van der Waals surface area (Å²) in [5.41, 5.74) is 1.19. The van der Waals surface area contributed by atoms with Crippen molar-refractivity contribution >= 4 is 18.3 Å². The van der Waals surface area contributed by atoms with Gasteiger partial charge in [-0.25, -0.2) is 0 Å². The molecule has 1 aromatic carbocycles. The molecule has 1 fully saturated rings. The van der Waals surface area contributed by atoms with Gasteiger partial charge in [-0.15, -0.1) is 17.5 Å². The molecule has 118 valence electrons. The Morgan fingerprint density at radius 3 is 2.86 bits per heavy atom. The maximum absolute atomic E-state index is 12.2. The molecular weight excluding hydrogens is 302 g/mol. The fourth-order valence-corrected chi connectivity index (χ4v) is 2.58. The van der Waals surface area contributed by atoms with E-state index in [1.165, 1.54) is 11.0 Å². The van der Waals surface area contributed by atoms with Crippen LogP contribution in [-0.4, -0.2) is 39.5 Å². The van der Waals surface area contributed by atoms with E-state index in [1.54, 1.807) is 0 Å². The van der Waals surface area contributed by atoms with Gasteiger partial charge in [0.2, 0.25) is 0 Å². The van der Waals surface area contributed by atoms with Crippen LogP contribution in [0.25, 0.3) is 5.69 Å². The quantitative estimate of drug-likeness (QED) is 0.900. The van der Waals surface area contributed by atoms with Gasteiger partial charge >= 0.3 is 0 Å². The summed E-state index contributed by atoms with van der Waals surface area (Å²) in [5.74, 6) is -0.156. The second kappa shape index (κ2) is 7.38. The number of piperidine rings is 1. The molecule has 1 saturated heterocycles. The largest absolute Gasteiger partial charge is 0.348 e. The lowest BCUT2D eigenvalue weighted by atomic mass is 10.0. The van der Waals surface area contributed by atoms with Crippen LogP contribution in [0, 0.1) is 0 Å². The van der Waals surface area contributed by atoms with Crippen LogP contribution in [0.3, 0.4) is 0 Å². The molecule has 1 aromatic heterocycles. The van der Waals surface area contributed by atoms with E-state index in [9.17, 15) is 4.79 Å². The van der Waals surface area contributed by atoms with Gasteiger partial charge in [-0.2, -0.15) is 9.90 Å². The average molecular weight is 322 g/mol. The van der Waals surface area contributed by atoms with E-state index >= 15 is 0 Å². The van der Waals surface area contributed by atoms with Crippen molar-refractivity contribution in [3.05, 3.63) is 42.2 Å². The van der Waals surface area contributed by atoms with E-state index in [2.05, 4.69) is 27.8 Å². The Bertz CT molecular complexity index is 615. The van der Waals surface area contributed by atoms with Crippen LogP contribution in [0.4, 0.5) is 0 Å². The Balaban J connectivity index is 0.00000176. The van der Waals surface area contributed by atoms with Crippen LogP contribution in [0.5, 0.6) is 0 Å². The minimum Gasteiger partial charge on any atom is -0.348 e. The first kappa shape index (κ1) is 16.5. The lowest BCUT2D eigenvalue weighted by molar-refractivity contribution is 0.0920. The lowest BCUT2D eigenvalue weighted by Crippen LogP contribution is -2.46. The molecule has 1 aliphatic rings. The van der Waals surface area contributed by atoms with Crippen molar-refractivity contribution in [2.75, 3.05) is 6.54 Å². The number of rotatable bonds is 3. The topological polar surface area (TPSA) is 71.8 Å². The molecule has 6 nitrogen and oxygen atoms in total. The molecule has 0 bridgehead atoms. The Hall–Kier alpha value is -1.92. The predicted molar refractivity (Wildman–Crippen MR) is 86.6 cm³/mol. The van der Waals surface area contributed by atoms with Crippen LogP contribution in [0.15, 0.2) is 36.5 Å². The molecule has 2 heterocycles. The van der Waals surface area contributed by atoms with E-state index in [0.29, 0.717) is 11.7 Å². The highest BCUT2D eigenvalue weighted by molar-refractivity contribution is 5.92. The minimum absolute atomic E-state index is 0. The summed E-state index contributed by atoms with van der Waals surface area (Å²) in [5, 5.41) is 14.8. The lowest BCUT2D eigenvalue weighted by Gasteiger charge is -2.28. The number of nitrogens with one attached hydrogen (secondary N) is 2.